The summed E-state index contributed by atoms with van der Waals surface area (Å²) in [5.41, 5.74) is -1.93. The minimum atomic E-state index is -1.40. The van der Waals surface area contributed by atoms with Crippen LogP contribution in [0.1, 0.15) is 20.8 Å². The Morgan fingerprint density at radius 1 is 1.47 bits per heavy atom. The molecular weight excluding hydrogens is 201 g/mol. The lowest BCUT2D eigenvalue weighted by molar-refractivity contribution is -0.0810. The van der Waals surface area contributed by atoms with E-state index in [1.54, 1.807) is 20.8 Å². The Bertz CT molecular complexity index is 244. The average Bonchev–Trinajstić information content (AvgIpc) is 1.96. The molecule has 4 nitrogen and oxygen atoms in total. The highest BCUT2D eigenvalue weighted by molar-refractivity contribution is 5.69. The molecule has 0 bridgehead atoms. The number of hydrogen-bond donors (Lipinski definition) is 0. The Hall–Kier alpha value is -0.840. The molecule has 0 N–H and O–H groups in total. The van der Waals surface area contributed by atoms with Crippen LogP contribution in [-0.4, -0.2) is 49.1 Å². The smallest absolute Gasteiger partial charge is 0.410 e. The molecular formula is C10H18FNO3. The molecule has 0 unspecified atom stereocenters. The van der Waals surface area contributed by atoms with Crippen LogP contribution in [-0.2, 0) is 9.47 Å². The largest absolute Gasteiger partial charge is 0.444 e. The molecule has 0 aliphatic carbocycles. The molecule has 0 radical (unpaired) electrons. The van der Waals surface area contributed by atoms with E-state index in [2.05, 4.69) is 0 Å². The Morgan fingerprint density at radius 3 is 2.40 bits per heavy atom. The molecule has 0 aromatic carbocycles. The fourth-order valence-electron chi connectivity index (χ4n) is 1.44. The van der Waals surface area contributed by atoms with Crippen LogP contribution in [0, 0.1) is 0 Å². The maximum absolute atomic E-state index is 13.6. The summed E-state index contributed by atoms with van der Waals surface area (Å²) in [4.78, 5) is 12.8. The van der Waals surface area contributed by atoms with Crippen LogP contribution in [0.4, 0.5) is 9.18 Å². The van der Waals surface area contributed by atoms with Crippen molar-refractivity contribution >= 4 is 6.09 Å². The van der Waals surface area contributed by atoms with Gasteiger partial charge in [0.2, 0.25) is 0 Å². The Kier molecular flexibility index (Phi) is 3.23. The number of carbonyl (C=O) groups excluding carboxylic acids is 1. The molecule has 15 heavy (non-hydrogen) atoms. The fourth-order valence-corrected chi connectivity index (χ4v) is 1.44. The van der Waals surface area contributed by atoms with E-state index in [1.807, 2.05) is 0 Å². The van der Waals surface area contributed by atoms with Crippen LogP contribution in [0.15, 0.2) is 0 Å². The van der Waals surface area contributed by atoms with Gasteiger partial charge in [-0.3, -0.25) is 0 Å². The van der Waals surface area contributed by atoms with Crippen molar-refractivity contribution in [2.45, 2.75) is 32.0 Å². The van der Waals surface area contributed by atoms with Crippen molar-refractivity contribution in [2.24, 2.45) is 0 Å². The summed E-state index contributed by atoms with van der Waals surface area (Å²) >= 11 is 0. The second kappa shape index (κ2) is 3.96. The summed E-state index contributed by atoms with van der Waals surface area (Å²) in [6, 6.07) is 0. The van der Waals surface area contributed by atoms with E-state index in [4.69, 9.17) is 9.47 Å². The molecule has 1 aliphatic heterocycles. The van der Waals surface area contributed by atoms with E-state index in [1.165, 1.54) is 12.0 Å². The van der Waals surface area contributed by atoms with Gasteiger partial charge in [-0.15, -0.1) is 0 Å². The molecule has 1 rings (SSSR count). The zero-order valence-corrected chi connectivity index (χ0v) is 9.67. The lowest BCUT2D eigenvalue weighted by Gasteiger charge is -2.43. The van der Waals surface area contributed by atoms with E-state index >= 15 is 0 Å². The van der Waals surface area contributed by atoms with Gasteiger partial charge in [0, 0.05) is 7.11 Å². The molecule has 1 aliphatic rings. The summed E-state index contributed by atoms with van der Waals surface area (Å²) in [5, 5.41) is 0. The molecule has 1 fully saturated rings. The van der Waals surface area contributed by atoms with Gasteiger partial charge in [-0.1, -0.05) is 0 Å². The molecule has 0 spiro atoms. The van der Waals surface area contributed by atoms with Crippen molar-refractivity contribution in [1.82, 2.24) is 4.90 Å². The highest BCUT2D eigenvalue weighted by Crippen LogP contribution is 2.27. The normalized spacial score (nSPS) is 19.7. The van der Waals surface area contributed by atoms with Crippen LogP contribution < -0.4 is 0 Å². The van der Waals surface area contributed by atoms with Gasteiger partial charge < -0.3 is 14.4 Å². The third-order valence-corrected chi connectivity index (χ3v) is 2.00. The number of likely N-dealkylation sites (tertiary alicyclic amines) is 1. The van der Waals surface area contributed by atoms with E-state index < -0.39 is 17.4 Å². The van der Waals surface area contributed by atoms with Gasteiger partial charge in [0.1, 0.15) is 5.60 Å². The predicted octanol–water partition coefficient (Wildman–Crippen LogP) is 1.59. The molecule has 1 heterocycles. The van der Waals surface area contributed by atoms with Gasteiger partial charge in [0.05, 0.1) is 19.7 Å². The topological polar surface area (TPSA) is 38.8 Å². The Morgan fingerprint density at radius 2 is 2.00 bits per heavy atom. The van der Waals surface area contributed by atoms with Crippen molar-refractivity contribution in [3.63, 3.8) is 0 Å². The van der Waals surface area contributed by atoms with E-state index in [0.717, 1.165) is 0 Å². The zero-order chi connectivity index (χ0) is 11.7. The third kappa shape index (κ3) is 3.34. The first-order valence-corrected chi connectivity index (χ1v) is 4.92. The highest BCUT2D eigenvalue weighted by atomic mass is 19.1. The number of ether oxygens (including phenoxy) is 2. The van der Waals surface area contributed by atoms with Crippen LogP contribution >= 0.6 is 0 Å². The van der Waals surface area contributed by atoms with Gasteiger partial charge in [0.15, 0.2) is 5.67 Å². The van der Waals surface area contributed by atoms with Crippen LogP contribution in [0.25, 0.3) is 0 Å². The van der Waals surface area contributed by atoms with Crippen molar-refractivity contribution < 1.29 is 18.7 Å². The van der Waals surface area contributed by atoms with Gasteiger partial charge in [0.25, 0.3) is 0 Å². The lowest BCUT2D eigenvalue weighted by Crippen LogP contribution is -2.63. The van der Waals surface area contributed by atoms with Crippen LogP contribution in [0.2, 0.25) is 0 Å². The number of rotatable bonds is 2. The van der Waals surface area contributed by atoms with Crippen molar-refractivity contribution in [2.75, 3.05) is 26.8 Å². The number of carbonyl (C=O) groups is 1. The summed E-state index contributed by atoms with van der Waals surface area (Å²) in [5.74, 6) is 0. The highest BCUT2D eigenvalue weighted by Gasteiger charge is 2.47. The summed E-state index contributed by atoms with van der Waals surface area (Å²) in [6.07, 6.45) is -0.466. The van der Waals surface area contributed by atoms with Crippen LogP contribution in [0.5, 0.6) is 0 Å². The van der Waals surface area contributed by atoms with Gasteiger partial charge in [-0.05, 0) is 20.8 Å². The second-order valence-corrected chi connectivity index (χ2v) is 4.92. The number of halogens is 1. The van der Waals surface area contributed by atoms with E-state index in [9.17, 15) is 9.18 Å². The molecule has 0 saturated carbocycles. The maximum atomic E-state index is 13.6. The summed E-state index contributed by atoms with van der Waals surface area (Å²) in [6.45, 7) is 5.46. The standard InChI is InChI=1S/C10H18FNO3/c1-9(2,3)15-8(13)12-5-10(11,6-12)7-14-4/h5-7H2,1-4H3. The van der Waals surface area contributed by atoms with Crippen molar-refractivity contribution in [3.8, 4) is 0 Å². The third-order valence-electron chi connectivity index (χ3n) is 2.00. The zero-order valence-electron chi connectivity index (χ0n) is 9.67. The quantitative estimate of drug-likeness (QED) is 0.708. The number of alkyl halides is 1. The van der Waals surface area contributed by atoms with Gasteiger partial charge in [-0.25, -0.2) is 9.18 Å². The van der Waals surface area contributed by atoms with E-state index in [0.29, 0.717) is 0 Å². The summed E-state index contributed by atoms with van der Waals surface area (Å²) < 4.78 is 23.4. The Labute approximate surface area is 89.3 Å². The minimum Gasteiger partial charge on any atom is -0.444 e. The molecule has 5 heteroatoms. The molecule has 0 aromatic heterocycles. The lowest BCUT2D eigenvalue weighted by atomic mass is 9.98. The van der Waals surface area contributed by atoms with Crippen molar-refractivity contribution in [1.29, 1.82) is 0 Å². The predicted molar refractivity (Wildman–Crippen MR) is 53.5 cm³/mol. The van der Waals surface area contributed by atoms with Gasteiger partial charge >= 0.3 is 6.09 Å². The monoisotopic (exact) mass is 219 g/mol. The first-order chi connectivity index (χ1) is 6.76. The number of methoxy groups -OCH3 is 1. The SMILES string of the molecule is COCC1(F)CN(C(=O)OC(C)(C)C)C1. The molecule has 1 amide bonds. The number of hydrogen-bond acceptors (Lipinski definition) is 3. The number of nitrogens with zero attached hydrogens (tertiary/aromatic N) is 1. The molecule has 88 valence electrons. The van der Waals surface area contributed by atoms with E-state index in [-0.39, 0.29) is 19.7 Å². The summed E-state index contributed by atoms with van der Waals surface area (Å²) in [7, 11) is 1.44. The van der Waals surface area contributed by atoms with Crippen LogP contribution in [0.3, 0.4) is 0 Å². The van der Waals surface area contributed by atoms with Gasteiger partial charge in [-0.2, -0.15) is 0 Å². The first-order valence-electron chi connectivity index (χ1n) is 4.92. The molecule has 0 aromatic rings. The molecule has 1 saturated heterocycles. The Balaban J connectivity index is 2.35. The fraction of sp³-hybridized carbons (Fsp3) is 0.900. The van der Waals surface area contributed by atoms with Crippen molar-refractivity contribution in [3.05, 3.63) is 0 Å². The number of amides is 1. The average molecular weight is 219 g/mol. The second-order valence-electron chi connectivity index (χ2n) is 4.92. The minimum absolute atomic E-state index is 0.0201. The first kappa shape index (κ1) is 12.2. The maximum Gasteiger partial charge on any atom is 0.410 e. The molecule has 0 atom stereocenters.